The second-order valence-electron chi connectivity index (χ2n) is 8.08. The van der Waals surface area contributed by atoms with E-state index in [9.17, 15) is 29.9 Å². The van der Waals surface area contributed by atoms with Gasteiger partial charge in [-0.15, -0.1) is 0 Å². The van der Waals surface area contributed by atoms with E-state index in [1.807, 2.05) is 32.9 Å². The molecule has 1 atom stereocenters. The van der Waals surface area contributed by atoms with Crippen LogP contribution in [-0.2, 0) is 16.0 Å². The number of Topliss-reactive ketones (excluding diaryl/α,β-unsaturated/α-hetero) is 1. The average Bonchev–Trinajstić information content (AvgIpc) is 3.09. The second-order valence-corrected chi connectivity index (χ2v) is 8.08. The number of nitrogens with zero attached hydrogens (tertiary/aromatic N) is 3. The molecule has 3 rings (SSSR count). The minimum atomic E-state index is -1.03. The maximum atomic E-state index is 13.1. The lowest BCUT2D eigenvalue weighted by molar-refractivity contribution is -0.385. The molecule has 1 aliphatic heterocycles. The van der Waals surface area contributed by atoms with Gasteiger partial charge in [0.1, 0.15) is 5.76 Å². The summed E-state index contributed by atoms with van der Waals surface area (Å²) >= 11 is 0. The fraction of sp³-hybridized carbons (Fsp3) is 0.360. The van der Waals surface area contributed by atoms with Gasteiger partial charge in [0.05, 0.1) is 16.5 Å². The minimum Gasteiger partial charge on any atom is -0.507 e. The highest BCUT2D eigenvalue weighted by Crippen LogP contribution is 2.41. The Labute approximate surface area is 198 Å². The molecule has 1 heterocycles. The van der Waals surface area contributed by atoms with Crippen molar-refractivity contribution in [3.8, 4) is 5.75 Å². The van der Waals surface area contributed by atoms with Crippen LogP contribution in [0.15, 0.2) is 48.0 Å². The maximum absolute atomic E-state index is 13.1. The number of nitro groups is 1. The Hall–Kier alpha value is -3.72. The van der Waals surface area contributed by atoms with Crippen LogP contribution in [0.1, 0.15) is 43.5 Å². The Bertz CT molecular complexity index is 1120. The van der Waals surface area contributed by atoms with Crippen LogP contribution in [0.2, 0.25) is 0 Å². The molecule has 1 fully saturated rings. The van der Waals surface area contributed by atoms with Crippen molar-refractivity contribution in [2.45, 2.75) is 33.2 Å². The van der Waals surface area contributed by atoms with Gasteiger partial charge in [0, 0.05) is 24.7 Å². The number of likely N-dealkylation sites (N-methyl/N-ethyl adjacent to an activating group) is 1. The van der Waals surface area contributed by atoms with Crippen LogP contribution in [0.4, 0.5) is 5.69 Å². The molecule has 1 unspecified atom stereocenters. The summed E-state index contributed by atoms with van der Waals surface area (Å²) < 4.78 is 0. The first-order valence-corrected chi connectivity index (χ1v) is 11.3. The summed E-state index contributed by atoms with van der Waals surface area (Å²) in [7, 11) is 0. The van der Waals surface area contributed by atoms with Crippen molar-refractivity contribution in [1.82, 2.24) is 9.80 Å². The fourth-order valence-corrected chi connectivity index (χ4v) is 4.16. The van der Waals surface area contributed by atoms with E-state index >= 15 is 0 Å². The molecule has 9 nitrogen and oxygen atoms in total. The Morgan fingerprint density at radius 1 is 1.09 bits per heavy atom. The van der Waals surface area contributed by atoms with Gasteiger partial charge >= 0.3 is 5.69 Å². The lowest BCUT2D eigenvalue weighted by Gasteiger charge is -2.28. The van der Waals surface area contributed by atoms with E-state index < -0.39 is 34.1 Å². The molecule has 1 aliphatic rings. The zero-order valence-electron chi connectivity index (χ0n) is 19.5. The smallest absolute Gasteiger partial charge is 0.311 e. The van der Waals surface area contributed by atoms with Gasteiger partial charge in [-0.3, -0.25) is 19.7 Å². The summed E-state index contributed by atoms with van der Waals surface area (Å²) in [5.41, 5.74) is 1.00. The first kappa shape index (κ1) is 24.9. The SMILES string of the molecule is CCc1ccc(/C(O)=C2/C(=O)C(=O)N(CCN(CC)CC)C2c2ccc(O)c([N+](=O)[O-])c2)cc1. The predicted molar refractivity (Wildman–Crippen MR) is 127 cm³/mol. The third-order valence-corrected chi connectivity index (χ3v) is 6.24. The number of aliphatic hydroxyl groups is 1. The molecule has 1 saturated heterocycles. The number of hydrogen-bond donors (Lipinski definition) is 2. The van der Waals surface area contributed by atoms with E-state index in [-0.39, 0.29) is 23.4 Å². The van der Waals surface area contributed by atoms with Crippen LogP contribution in [-0.4, -0.2) is 62.8 Å². The molecule has 0 bridgehead atoms. The summed E-state index contributed by atoms with van der Waals surface area (Å²) in [5, 5.41) is 32.4. The van der Waals surface area contributed by atoms with Crippen molar-refractivity contribution >= 4 is 23.1 Å². The Kier molecular flexibility index (Phi) is 7.68. The number of phenols is 1. The number of amides is 1. The molecule has 0 spiro atoms. The second kappa shape index (κ2) is 10.5. The number of aliphatic hydroxyl groups excluding tert-OH is 1. The van der Waals surface area contributed by atoms with Gasteiger partial charge in [0.2, 0.25) is 0 Å². The van der Waals surface area contributed by atoms with Crippen molar-refractivity contribution in [1.29, 1.82) is 0 Å². The molecule has 0 aliphatic carbocycles. The number of carbonyl (C=O) groups excluding carboxylic acids is 2. The molecule has 2 aromatic rings. The van der Waals surface area contributed by atoms with Gasteiger partial charge in [-0.2, -0.15) is 0 Å². The van der Waals surface area contributed by atoms with Crippen molar-refractivity contribution in [3.63, 3.8) is 0 Å². The minimum absolute atomic E-state index is 0.131. The fourth-order valence-electron chi connectivity index (χ4n) is 4.16. The number of aryl methyl sites for hydroxylation is 1. The number of hydrogen-bond acceptors (Lipinski definition) is 7. The van der Waals surface area contributed by atoms with Crippen LogP contribution in [0.25, 0.3) is 5.76 Å². The van der Waals surface area contributed by atoms with Gasteiger partial charge < -0.3 is 20.0 Å². The van der Waals surface area contributed by atoms with Gasteiger partial charge in [-0.05, 0) is 36.7 Å². The maximum Gasteiger partial charge on any atom is 0.311 e. The molecule has 0 radical (unpaired) electrons. The highest BCUT2D eigenvalue weighted by molar-refractivity contribution is 6.46. The topological polar surface area (TPSA) is 124 Å². The number of ketones is 1. The van der Waals surface area contributed by atoms with Gasteiger partial charge in [0.15, 0.2) is 5.75 Å². The number of likely N-dealkylation sites (tertiary alicyclic amines) is 1. The van der Waals surface area contributed by atoms with E-state index in [1.165, 1.54) is 11.0 Å². The highest BCUT2D eigenvalue weighted by atomic mass is 16.6. The summed E-state index contributed by atoms with van der Waals surface area (Å²) in [6.07, 6.45) is 0.800. The molecule has 0 aromatic heterocycles. The van der Waals surface area contributed by atoms with E-state index in [2.05, 4.69) is 4.90 Å². The highest BCUT2D eigenvalue weighted by Gasteiger charge is 2.46. The van der Waals surface area contributed by atoms with Crippen molar-refractivity contribution < 1.29 is 24.7 Å². The summed E-state index contributed by atoms with van der Waals surface area (Å²) in [4.78, 5) is 40.2. The van der Waals surface area contributed by atoms with Crippen molar-refractivity contribution in [2.24, 2.45) is 0 Å². The van der Waals surface area contributed by atoms with Gasteiger partial charge in [0.25, 0.3) is 11.7 Å². The third kappa shape index (κ3) is 4.79. The third-order valence-electron chi connectivity index (χ3n) is 6.24. The lowest BCUT2D eigenvalue weighted by atomic mass is 9.94. The van der Waals surface area contributed by atoms with Crippen LogP contribution < -0.4 is 0 Å². The lowest BCUT2D eigenvalue weighted by Crippen LogP contribution is -2.38. The number of nitro benzene ring substituents is 1. The van der Waals surface area contributed by atoms with E-state index in [1.54, 1.807) is 12.1 Å². The first-order chi connectivity index (χ1) is 16.2. The Balaban J connectivity index is 2.16. The summed E-state index contributed by atoms with van der Waals surface area (Å²) in [6.45, 7) is 8.14. The van der Waals surface area contributed by atoms with E-state index in [4.69, 9.17) is 0 Å². The quantitative estimate of drug-likeness (QED) is 0.190. The predicted octanol–water partition coefficient (Wildman–Crippen LogP) is 3.63. The largest absolute Gasteiger partial charge is 0.507 e. The molecule has 9 heteroatoms. The molecule has 0 saturated carbocycles. The zero-order chi connectivity index (χ0) is 25.0. The van der Waals surface area contributed by atoms with Crippen molar-refractivity contribution in [3.05, 3.63) is 74.8 Å². The number of rotatable bonds is 9. The molecular weight excluding hydrogens is 438 g/mol. The number of aromatic hydroxyl groups is 1. The standard InChI is InChI=1S/C25H29N3O6/c1-4-16-7-9-17(10-8-16)23(30)21-22(18-11-12-20(29)19(15-18)28(33)34)27(25(32)24(21)31)14-13-26(5-2)6-3/h7-12,15,22,29-30H,4-6,13-14H2,1-3H3/b23-21-. The Morgan fingerprint density at radius 3 is 2.29 bits per heavy atom. The van der Waals surface area contributed by atoms with Crippen LogP contribution in [0, 0.1) is 10.1 Å². The Morgan fingerprint density at radius 2 is 1.74 bits per heavy atom. The van der Waals surface area contributed by atoms with Crippen molar-refractivity contribution in [2.75, 3.05) is 26.2 Å². The van der Waals surface area contributed by atoms with E-state index in [0.29, 0.717) is 12.1 Å². The number of benzene rings is 2. The molecule has 2 N–H and O–H groups in total. The molecular formula is C25H29N3O6. The van der Waals surface area contributed by atoms with Crippen LogP contribution in [0.3, 0.4) is 0 Å². The molecule has 1 amide bonds. The van der Waals surface area contributed by atoms with Gasteiger partial charge in [-0.25, -0.2) is 0 Å². The molecule has 34 heavy (non-hydrogen) atoms. The monoisotopic (exact) mass is 467 g/mol. The summed E-state index contributed by atoms with van der Waals surface area (Å²) in [6, 6.07) is 9.70. The average molecular weight is 468 g/mol. The van der Waals surface area contributed by atoms with Gasteiger partial charge in [-0.1, -0.05) is 51.1 Å². The molecule has 180 valence electrons. The molecule has 2 aromatic carbocycles. The number of phenolic OH excluding ortho intramolecular Hbond substituents is 1. The normalized spacial score (nSPS) is 17.5. The zero-order valence-corrected chi connectivity index (χ0v) is 19.5. The summed E-state index contributed by atoms with van der Waals surface area (Å²) in [5.74, 6) is -2.49. The first-order valence-electron chi connectivity index (χ1n) is 11.3. The van der Waals surface area contributed by atoms with Crippen LogP contribution in [0.5, 0.6) is 5.75 Å². The van der Waals surface area contributed by atoms with E-state index in [0.717, 1.165) is 37.2 Å². The number of carbonyl (C=O) groups is 2. The van der Waals surface area contributed by atoms with Crippen LogP contribution >= 0.6 is 0 Å².